The molecule has 12 heteroatoms. The molecule has 4 aromatic heterocycles. The predicted molar refractivity (Wildman–Crippen MR) is 510 cm³/mol. The topological polar surface area (TPSA) is 134 Å². The van der Waals surface area contributed by atoms with Crippen LogP contribution in [-0.2, 0) is 43.3 Å². The van der Waals surface area contributed by atoms with Crippen LogP contribution >= 0.6 is 0 Å². The van der Waals surface area contributed by atoms with E-state index in [9.17, 15) is 0 Å². The molecule has 0 fully saturated rings. The Morgan fingerprint density at radius 1 is 0.210 bits per heavy atom. The summed E-state index contributed by atoms with van der Waals surface area (Å²) in [6, 6.07) is 64.1. The highest BCUT2D eigenvalue weighted by Gasteiger charge is 2.48. The third kappa shape index (κ3) is 12.2. The molecule has 10 aromatic carbocycles. The molecule has 22 rings (SSSR count). The molecular weight excluding hydrogens is 1530 g/mol. The Hall–Kier alpha value is -11.8. The van der Waals surface area contributed by atoms with Crippen LogP contribution in [0.4, 0.5) is 22.7 Å². The molecule has 0 aliphatic carbocycles. The van der Waals surface area contributed by atoms with Crippen molar-refractivity contribution in [2.45, 2.75) is 205 Å². The summed E-state index contributed by atoms with van der Waals surface area (Å²) < 4.78 is 26.8. The molecule has 626 valence electrons. The summed E-state index contributed by atoms with van der Waals surface area (Å²) in [5.41, 5.74) is 28.3. The van der Waals surface area contributed by atoms with Crippen molar-refractivity contribution in [3.05, 3.63) is 268 Å². The smallest absolute Gasteiger partial charge is 0.344 e. The first-order chi connectivity index (χ1) is 58.9. The zero-order valence-electron chi connectivity index (χ0n) is 74.7. The SMILES string of the molecule is CC1(C)CCN2CCC(C)(C)c3c2c1cc1cc(-c2cccc(-c4cc(-c5cc(-c6cccc(-c7cc8cc9c%10c(c8oc7=O)C(C)(C)CCN%10CCC9(C)C)c6)cc(-c6cccc(-c7cc8cc9c%10c(c8oc7=O)C(C)(C)CCN%10CCC9(C)C)c6)c5)cc(-c5cccc(-c6cc7cc8c9c(c7oc6=O)C(C)(C)CCN9CCC8(C)C)c5)c4)c2)c(=O)oc31. The van der Waals surface area contributed by atoms with Gasteiger partial charge in [-0.05, 0) is 304 Å². The summed E-state index contributed by atoms with van der Waals surface area (Å²) in [5.74, 6) is 0. The van der Waals surface area contributed by atoms with Gasteiger partial charge in [-0.25, -0.2) is 19.2 Å². The van der Waals surface area contributed by atoms with E-state index >= 15 is 19.2 Å². The van der Waals surface area contributed by atoms with Crippen LogP contribution in [0.5, 0.6) is 0 Å². The minimum atomic E-state index is -0.386. The van der Waals surface area contributed by atoms with E-state index in [0.717, 1.165) is 225 Å². The lowest BCUT2D eigenvalue weighted by Gasteiger charge is -2.48. The quantitative estimate of drug-likeness (QED) is 0.127. The predicted octanol–water partition coefficient (Wildman–Crippen LogP) is 25.8. The Morgan fingerprint density at radius 3 is 0.581 bits per heavy atom. The fourth-order valence-electron chi connectivity index (χ4n) is 23.1. The van der Waals surface area contributed by atoms with Gasteiger partial charge in [-0.1, -0.05) is 184 Å². The van der Waals surface area contributed by atoms with Crippen molar-refractivity contribution in [3.8, 4) is 100 Å². The highest BCUT2D eigenvalue weighted by molar-refractivity contribution is 5.99. The fourth-order valence-corrected chi connectivity index (χ4v) is 23.1. The number of benzene rings is 10. The number of hydrogen-bond donors (Lipinski definition) is 0. The van der Waals surface area contributed by atoms with Gasteiger partial charge in [0, 0.05) is 119 Å². The van der Waals surface area contributed by atoms with E-state index in [4.69, 9.17) is 17.7 Å². The molecule has 0 N–H and O–H groups in total. The summed E-state index contributed by atoms with van der Waals surface area (Å²) in [7, 11) is 0. The van der Waals surface area contributed by atoms with Crippen LogP contribution < -0.4 is 42.1 Å². The summed E-state index contributed by atoms with van der Waals surface area (Å²) in [5, 5.41) is 3.68. The van der Waals surface area contributed by atoms with E-state index in [1.54, 1.807) is 0 Å². The summed E-state index contributed by atoms with van der Waals surface area (Å²) >= 11 is 0. The average molecular weight is 1640 g/mol. The second kappa shape index (κ2) is 26.9. The Kier molecular flexibility index (Phi) is 17.0. The zero-order chi connectivity index (χ0) is 85.9. The third-order valence-electron chi connectivity index (χ3n) is 31.2. The molecule has 14 aromatic rings. The maximum Gasteiger partial charge on any atom is 0.344 e. The van der Waals surface area contributed by atoms with Crippen LogP contribution in [0.1, 0.15) is 207 Å². The second-order valence-electron chi connectivity index (χ2n) is 43.0. The number of fused-ring (bicyclic) bond motifs is 8. The minimum Gasteiger partial charge on any atom is -0.422 e. The van der Waals surface area contributed by atoms with Crippen LogP contribution in [0, 0.1) is 0 Å². The first-order valence-corrected chi connectivity index (χ1v) is 45.3. The maximum atomic E-state index is 15.1. The second-order valence-corrected chi connectivity index (χ2v) is 43.0. The van der Waals surface area contributed by atoms with Crippen molar-refractivity contribution < 1.29 is 17.7 Å². The zero-order valence-corrected chi connectivity index (χ0v) is 74.7. The van der Waals surface area contributed by atoms with Gasteiger partial charge < -0.3 is 37.3 Å². The Labute approximate surface area is 725 Å². The normalized spacial score (nSPS) is 19.2. The van der Waals surface area contributed by atoms with Gasteiger partial charge in [-0.3, -0.25) is 0 Å². The van der Waals surface area contributed by atoms with Gasteiger partial charge in [0.2, 0.25) is 0 Å². The van der Waals surface area contributed by atoms with E-state index < -0.39 is 0 Å². The Bertz CT molecular complexity index is 6430. The number of anilines is 4. The fraction of sp³-hybridized carbons (Fsp3) is 0.357. The molecule has 8 aliphatic rings. The van der Waals surface area contributed by atoms with E-state index in [1.165, 1.54) is 45.0 Å². The van der Waals surface area contributed by atoms with Crippen LogP contribution in [-0.4, -0.2) is 52.4 Å². The lowest BCUT2D eigenvalue weighted by molar-refractivity contribution is 0.398. The molecule has 0 amide bonds. The molecule has 0 radical (unpaired) electrons. The van der Waals surface area contributed by atoms with Crippen LogP contribution in [0.15, 0.2) is 219 Å². The Balaban J connectivity index is 0.739. The van der Waals surface area contributed by atoms with E-state index in [-0.39, 0.29) is 65.8 Å². The molecule has 0 spiro atoms. The maximum absolute atomic E-state index is 15.1. The summed E-state index contributed by atoms with van der Waals surface area (Å²) in [6.45, 7) is 44.8. The lowest BCUT2D eigenvalue weighted by atomic mass is 9.69. The van der Waals surface area contributed by atoms with Gasteiger partial charge in [-0.15, -0.1) is 0 Å². The monoisotopic (exact) mass is 1640 g/mol. The number of hydrogen-bond acceptors (Lipinski definition) is 12. The minimum absolute atomic E-state index is 0.0848. The van der Waals surface area contributed by atoms with Gasteiger partial charge in [0.25, 0.3) is 0 Å². The van der Waals surface area contributed by atoms with Crippen molar-refractivity contribution in [2.24, 2.45) is 0 Å². The highest BCUT2D eigenvalue weighted by atomic mass is 16.4. The molecule has 0 unspecified atom stereocenters. The standard InChI is InChI=1S/C112H110N4O8/c1-105(2)29-37-113-41-33-109(9,10)89-93(113)85(105)59-77-55-81(101(117)121-97(77)89)67-25-17-21-63(45-67)71-49-72(64-22-18-26-68(46-64)82-56-78-60-86-94-90(98(78)122-102(82)118)110(11,12)34-42-114(94)38-30-106(86,3)4)52-75(51-71)76-53-73(65-23-19-27-69(47-65)83-57-79-61-87-95-91(99(79)123-103(83)119)111(13,14)35-43-115(95)39-31-107(87,5)6)50-74(54-76)66-24-20-28-70(48-66)84-58-80-62-88-96-92(100(80)124-104(84)120)112(15,16)36-44-116(96)40-32-108(88,7)8/h17-28,45-62H,29-44H2,1-16H3. The van der Waals surface area contributed by atoms with Crippen LogP contribution in [0.2, 0.25) is 0 Å². The molecular formula is C112H110N4O8. The van der Waals surface area contributed by atoms with Crippen molar-refractivity contribution in [1.82, 2.24) is 0 Å². The summed E-state index contributed by atoms with van der Waals surface area (Å²) in [6.07, 6.45) is 7.94. The van der Waals surface area contributed by atoms with Gasteiger partial charge in [0.05, 0.1) is 22.3 Å². The Morgan fingerprint density at radius 2 is 0.379 bits per heavy atom. The molecule has 0 atom stereocenters. The molecule has 8 aliphatic heterocycles. The molecule has 124 heavy (non-hydrogen) atoms. The van der Waals surface area contributed by atoms with Crippen molar-refractivity contribution in [1.29, 1.82) is 0 Å². The molecule has 12 heterocycles. The van der Waals surface area contributed by atoms with Crippen molar-refractivity contribution in [3.63, 3.8) is 0 Å². The average Bonchev–Trinajstić information content (AvgIpc) is 0.723. The van der Waals surface area contributed by atoms with Gasteiger partial charge in [-0.2, -0.15) is 0 Å². The van der Waals surface area contributed by atoms with Gasteiger partial charge in [0.15, 0.2) is 0 Å². The highest BCUT2D eigenvalue weighted by Crippen LogP contribution is 2.58. The molecule has 0 saturated carbocycles. The first-order valence-electron chi connectivity index (χ1n) is 45.3. The largest absolute Gasteiger partial charge is 0.422 e. The summed E-state index contributed by atoms with van der Waals surface area (Å²) in [4.78, 5) is 70.4. The van der Waals surface area contributed by atoms with Crippen LogP contribution in [0.25, 0.3) is 144 Å². The first kappa shape index (κ1) is 78.2. The lowest BCUT2D eigenvalue weighted by Crippen LogP contribution is -2.44. The van der Waals surface area contributed by atoms with Crippen LogP contribution in [0.3, 0.4) is 0 Å². The van der Waals surface area contributed by atoms with E-state index in [0.29, 0.717) is 44.6 Å². The van der Waals surface area contributed by atoms with E-state index in [2.05, 4.69) is 264 Å². The molecule has 0 saturated heterocycles. The van der Waals surface area contributed by atoms with Crippen molar-refractivity contribution in [2.75, 3.05) is 72.0 Å². The van der Waals surface area contributed by atoms with Gasteiger partial charge >= 0.3 is 22.5 Å². The van der Waals surface area contributed by atoms with Gasteiger partial charge in [0.1, 0.15) is 22.3 Å². The number of nitrogens with zero attached hydrogens (tertiary/aromatic N) is 4. The molecule has 12 nitrogen and oxygen atoms in total. The van der Waals surface area contributed by atoms with Crippen molar-refractivity contribution >= 4 is 66.6 Å². The van der Waals surface area contributed by atoms with E-state index in [1.807, 2.05) is 48.5 Å². The third-order valence-corrected chi connectivity index (χ3v) is 31.2. The molecule has 0 bridgehead atoms. The number of rotatable bonds is 9.